The Morgan fingerprint density at radius 3 is 2.64 bits per heavy atom. The molecule has 0 atom stereocenters. The quantitative estimate of drug-likeness (QED) is 0.727. The third-order valence-electron chi connectivity index (χ3n) is 4.87. The molecule has 0 aliphatic carbocycles. The first-order valence-electron chi connectivity index (χ1n) is 8.98. The summed E-state index contributed by atoms with van der Waals surface area (Å²) in [5.74, 6) is 0.0253. The molecule has 3 aromatic heterocycles. The van der Waals surface area contributed by atoms with Crippen molar-refractivity contribution >= 4 is 34.4 Å². The Balaban J connectivity index is 1.50. The van der Waals surface area contributed by atoms with E-state index in [9.17, 15) is 9.59 Å². The number of carbonyl (C=O) groups is 2. The van der Waals surface area contributed by atoms with Gasteiger partial charge in [-0.3, -0.25) is 14.6 Å². The van der Waals surface area contributed by atoms with Crippen LogP contribution >= 0.6 is 11.6 Å². The van der Waals surface area contributed by atoms with Gasteiger partial charge in [-0.05, 0) is 6.07 Å². The second-order valence-electron chi connectivity index (χ2n) is 6.71. The number of amides is 2. The molecule has 1 aliphatic rings. The van der Waals surface area contributed by atoms with Gasteiger partial charge in [-0.1, -0.05) is 11.6 Å². The highest BCUT2D eigenvalue weighted by Gasteiger charge is 2.23. The van der Waals surface area contributed by atoms with Gasteiger partial charge in [0.15, 0.2) is 0 Å². The number of rotatable bonds is 3. The van der Waals surface area contributed by atoms with E-state index >= 15 is 0 Å². The lowest BCUT2D eigenvalue weighted by atomic mass is 10.1. The van der Waals surface area contributed by atoms with E-state index in [1.807, 2.05) is 12.3 Å². The minimum Gasteiger partial charge on any atom is -0.345 e. The van der Waals surface area contributed by atoms with E-state index in [2.05, 4.69) is 19.9 Å². The predicted molar refractivity (Wildman–Crippen MR) is 105 cm³/mol. The van der Waals surface area contributed by atoms with Gasteiger partial charge in [0, 0.05) is 62.6 Å². The number of piperazine rings is 1. The van der Waals surface area contributed by atoms with E-state index in [0.29, 0.717) is 48.2 Å². The molecule has 28 heavy (non-hydrogen) atoms. The highest BCUT2D eigenvalue weighted by atomic mass is 35.5. The van der Waals surface area contributed by atoms with Crippen LogP contribution in [-0.2, 0) is 16.0 Å². The molecule has 4 rings (SSSR count). The predicted octanol–water partition coefficient (Wildman–Crippen LogP) is 1.91. The van der Waals surface area contributed by atoms with Crippen LogP contribution in [0.3, 0.4) is 0 Å². The Kier molecular flexibility index (Phi) is 4.95. The Morgan fingerprint density at radius 2 is 1.89 bits per heavy atom. The lowest BCUT2D eigenvalue weighted by Crippen LogP contribution is -2.50. The largest absolute Gasteiger partial charge is 0.345 e. The number of H-pyrrole nitrogens is 1. The maximum Gasteiger partial charge on any atom is 0.228 e. The standard InChI is InChI=1S/C19H19ClN6O2/c1-12(27)25-2-4-26(5-3-25)18(28)7-14-9-21-11-17(24-14)16-10-23-19-15(16)6-13(20)8-22-19/h6,8-11H,2-5,7H2,1H3,(H,22,23). The van der Waals surface area contributed by atoms with Gasteiger partial charge >= 0.3 is 0 Å². The summed E-state index contributed by atoms with van der Waals surface area (Å²) in [5, 5.41) is 1.39. The first-order chi connectivity index (χ1) is 13.5. The molecule has 0 aromatic carbocycles. The summed E-state index contributed by atoms with van der Waals surface area (Å²) in [6, 6.07) is 1.82. The number of nitrogens with zero attached hydrogens (tertiary/aromatic N) is 5. The molecule has 1 fully saturated rings. The smallest absolute Gasteiger partial charge is 0.228 e. The summed E-state index contributed by atoms with van der Waals surface area (Å²) in [5.41, 5.74) is 2.80. The summed E-state index contributed by atoms with van der Waals surface area (Å²) in [6.45, 7) is 3.76. The topological polar surface area (TPSA) is 95.1 Å². The lowest BCUT2D eigenvalue weighted by Gasteiger charge is -2.34. The molecule has 144 valence electrons. The summed E-state index contributed by atoms with van der Waals surface area (Å²) >= 11 is 6.06. The first kappa shape index (κ1) is 18.4. The summed E-state index contributed by atoms with van der Waals surface area (Å²) < 4.78 is 0. The minimum atomic E-state index is -0.0155. The van der Waals surface area contributed by atoms with Crippen molar-refractivity contribution in [2.75, 3.05) is 26.2 Å². The molecular formula is C19H19ClN6O2. The van der Waals surface area contributed by atoms with Crippen molar-refractivity contribution in [2.45, 2.75) is 13.3 Å². The van der Waals surface area contributed by atoms with Crippen LogP contribution in [0.1, 0.15) is 12.6 Å². The van der Waals surface area contributed by atoms with Gasteiger partial charge < -0.3 is 14.8 Å². The van der Waals surface area contributed by atoms with E-state index in [1.165, 1.54) is 0 Å². The summed E-state index contributed by atoms with van der Waals surface area (Å²) in [4.78, 5) is 43.8. The van der Waals surface area contributed by atoms with E-state index in [-0.39, 0.29) is 18.2 Å². The zero-order chi connectivity index (χ0) is 19.7. The van der Waals surface area contributed by atoms with E-state index in [0.717, 1.165) is 10.9 Å². The summed E-state index contributed by atoms with van der Waals surface area (Å²) in [7, 11) is 0. The SMILES string of the molecule is CC(=O)N1CCN(C(=O)Cc2cncc(-c3c[nH]c4ncc(Cl)cc34)n2)CC1. The highest BCUT2D eigenvalue weighted by molar-refractivity contribution is 6.31. The van der Waals surface area contributed by atoms with Gasteiger partial charge in [0.2, 0.25) is 11.8 Å². The van der Waals surface area contributed by atoms with Crippen molar-refractivity contribution in [2.24, 2.45) is 0 Å². The second-order valence-corrected chi connectivity index (χ2v) is 7.15. The molecule has 1 N–H and O–H groups in total. The molecule has 0 spiro atoms. The van der Waals surface area contributed by atoms with E-state index in [1.54, 1.807) is 35.3 Å². The fraction of sp³-hybridized carbons (Fsp3) is 0.316. The second kappa shape index (κ2) is 7.55. The number of pyridine rings is 1. The molecule has 1 saturated heterocycles. The van der Waals surface area contributed by atoms with Gasteiger partial charge in [0.25, 0.3) is 0 Å². The molecule has 2 amide bonds. The van der Waals surface area contributed by atoms with E-state index < -0.39 is 0 Å². The highest BCUT2D eigenvalue weighted by Crippen LogP contribution is 2.27. The number of halogens is 1. The normalized spacial score (nSPS) is 14.5. The zero-order valence-corrected chi connectivity index (χ0v) is 16.1. The van der Waals surface area contributed by atoms with Crippen LogP contribution in [0.25, 0.3) is 22.3 Å². The number of fused-ring (bicyclic) bond motifs is 1. The van der Waals surface area contributed by atoms with Crippen molar-refractivity contribution in [3.05, 3.63) is 41.6 Å². The van der Waals surface area contributed by atoms with Crippen molar-refractivity contribution in [3.8, 4) is 11.3 Å². The van der Waals surface area contributed by atoms with Crippen molar-refractivity contribution in [3.63, 3.8) is 0 Å². The number of nitrogens with one attached hydrogen (secondary N) is 1. The zero-order valence-electron chi connectivity index (χ0n) is 15.4. The molecule has 9 heteroatoms. The molecule has 0 saturated carbocycles. The van der Waals surface area contributed by atoms with Gasteiger partial charge in [-0.25, -0.2) is 9.97 Å². The lowest BCUT2D eigenvalue weighted by molar-refractivity contribution is -0.138. The molecule has 0 radical (unpaired) electrons. The van der Waals surface area contributed by atoms with Crippen LogP contribution in [0.5, 0.6) is 0 Å². The van der Waals surface area contributed by atoms with E-state index in [4.69, 9.17) is 11.6 Å². The minimum absolute atomic E-state index is 0.0155. The average molecular weight is 399 g/mol. The van der Waals surface area contributed by atoms with Gasteiger partial charge in [-0.2, -0.15) is 0 Å². The van der Waals surface area contributed by atoms with Crippen LogP contribution < -0.4 is 0 Å². The van der Waals surface area contributed by atoms with Gasteiger partial charge in [-0.15, -0.1) is 0 Å². The van der Waals surface area contributed by atoms with Crippen LogP contribution in [0, 0.1) is 0 Å². The fourth-order valence-electron chi connectivity index (χ4n) is 3.35. The van der Waals surface area contributed by atoms with Crippen LogP contribution in [0.2, 0.25) is 5.02 Å². The molecular weight excluding hydrogens is 380 g/mol. The number of carbonyl (C=O) groups excluding carboxylic acids is 2. The Morgan fingerprint density at radius 1 is 1.14 bits per heavy atom. The molecule has 3 aromatic rings. The van der Waals surface area contributed by atoms with Crippen molar-refractivity contribution < 1.29 is 9.59 Å². The Hall–Kier alpha value is -3.00. The molecule has 1 aliphatic heterocycles. The number of hydrogen-bond acceptors (Lipinski definition) is 5. The number of aromatic nitrogens is 4. The third kappa shape index (κ3) is 3.68. The molecule has 0 bridgehead atoms. The van der Waals surface area contributed by atoms with Gasteiger partial charge in [0.1, 0.15) is 5.65 Å². The third-order valence-corrected chi connectivity index (χ3v) is 5.07. The van der Waals surface area contributed by atoms with Crippen LogP contribution in [0.15, 0.2) is 30.9 Å². The monoisotopic (exact) mass is 398 g/mol. The Bertz CT molecular complexity index is 1040. The molecule has 4 heterocycles. The maximum absolute atomic E-state index is 12.6. The molecule has 8 nitrogen and oxygen atoms in total. The Labute approximate surface area is 166 Å². The summed E-state index contributed by atoms with van der Waals surface area (Å²) in [6.07, 6.45) is 6.82. The fourth-order valence-corrected chi connectivity index (χ4v) is 3.51. The van der Waals surface area contributed by atoms with Crippen LogP contribution in [0.4, 0.5) is 0 Å². The molecule has 0 unspecified atom stereocenters. The average Bonchev–Trinajstić information content (AvgIpc) is 3.11. The number of aromatic amines is 1. The van der Waals surface area contributed by atoms with Gasteiger partial charge in [0.05, 0.1) is 29.0 Å². The van der Waals surface area contributed by atoms with Crippen molar-refractivity contribution in [1.82, 2.24) is 29.7 Å². The van der Waals surface area contributed by atoms with Crippen molar-refractivity contribution in [1.29, 1.82) is 0 Å². The first-order valence-corrected chi connectivity index (χ1v) is 9.36. The van der Waals surface area contributed by atoms with Crippen LogP contribution in [-0.4, -0.2) is 67.7 Å². The number of hydrogen-bond donors (Lipinski definition) is 1. The maximum atomic E-state index is 12.6.